The molecule has 0 aromatic heterocycles. The predicted molar refractivity (Wildman–Crippen MR) is 61.1 cm³/mol. The van der Waals surface area contributed by atoms with Crippen molar-refractivity contribution < 1.29 is 5.11 Å². The number of aliphatic hydroxyl groups is 1. The molecule has 2 heteroatoms. The maximum Gasteiger partial charge on any atom is 0.0801 e. The molecule has 1 unspecified atom stereocenters. The Labute approximate surface area is 93.3 Å². The van der Waals surface area contributed by atoms with E-state index >= 15 is 0 Å². The van der Waals surface area contributed by atoms with Crippen molar-refractivity contribution in [2.45, 2.75) is 31.8 Å². The molecule has 1 fully saturated rings. The lowest BCUT2D eigenvalue weighted by Crippen LogP contribution is -1.98. The zero-order valence-electron chi connectivity index (χ0n) is 8.12. The molecule has 76 valence electrons. The second-order valence-corrected chi connectivity index (χ2v) is 4.91. The smallest absolute Gasteiger partial charge is 0.0801 e. The van der Waals surface area contributed by atoms with Gasteiger partial charge in [-0.25, -0.2) is 0 Å². The molecule has 0 radical (unpaired) electrons. The minimum atomic E-state index is -0.300. The van der Waals surface area contributed by atoms with E-state index in [9.17, 15) is 5.11 Å². The van der Waals surface area contributed by atoms with Crippen LogP contribution in [0, 0.1) is 5.92 Å². The Morgan fingerprint density at radius 2 is 2.07 bits per heavy atom. The number of hydrogen-bond acceptors (Lipinski definition) is 1. The number of benzene rings is 1. The van der Waals surface area contributed by atoms with Gasteiger partial charge in [-0.05, 0) is 30.4 Å². The van der Waals surface area contributed by atoms with Gasteiger partial charge < -0.3 is 5.11 Å². The standard InChI is InChI=1S/C12H15BrO/c13-11-4-2-1-3-10(11)12(14)8-7-9-5-6-9/h1-4,9,12,14H,5-8H2. The molecule has 1 N–H and O–H groups in total. The Balaban J connectivity index is 1.95. The first-order valence-corrected chi connectivity index (χ1v) is 5.99. The molecule has 14 heavy (non-hydrogen) atoms. The minimum absolute atomic E-state index is 0.300. The van der Waals surface area contributed by atoms with E-state index in [4.69, 9.17) is 0 Å². The molecule has 0 heterocycles. The van der Waals surface area contributed by atoms with Crippen molar-refractivity contribution in [3.05, 3.63) is 34.3 Å². The quantitative estimate of drug-likeness (QED) is 0.870. The van der Waals surface area contributed by atoms with Crippen molar-refractivity contribution in [1.29, 1.82) is 0 Å². The lowest BCUT2D eigenvalue weighted by molar-refractivity contribution is 0.161. The van der Waals surface area contributed by atoms with Gasteiger partial charge in [0.15, 0.2) is 0 Å². The second kappa shape index (κ2) is 4.45. The van der Waals surface area contributed by atoms with Crippen molar-refractivity contribution >= 4 is 15.9 Å². The van der Waals surface area contributed by atoms with Crippen molar-refractivity contribution in [3.8, 4) is 0 Å². The number of halogens is 1. The Kier molecular flexibility index (Phi) is 3.24. The molecule has 1 aromatic carbocycles. The van der Waals surface area contributed by atoms with Gasteiger partial charge in [0.2, 0.25) is 0 Å². The van der Waals surface area contributed by atoms with Gasteiger partial charge in [0, 0.05) is 4.47 Å². The van der Waals surface area contributed by atoms with Gasteiger partial charge in [0.1, 0.15) is 0 Å². The SMILES string of the molecule is OC(CCC1CC1)c1ccccc1Br. The fourth-order valence-corrected chi connectivity index (χ4v) is 2.25. The third-order valence-electron chi connectivity index (χ3n) is 2.81. The Morgan fingerprint density at radius 3 is 2.71 bits per heavy atom. The van der Waals surface area contributed by atoms with Crippen LogP contribution >= 0.6 is 15.9 Å². The topological polar surface area (TPSA) is 20.2 Å². The molecule has 0 spiro atoms. The summed E-state index contributed by atoms with van der Waals surface area (Å²) in [6, 6.07) is 7.92. The average Bonchev–Trinajstić information content (AvgIpc) is 2.98. The van der Waals surface area contributed by atoms with E-state index in [2.05, 4.69) is 15.9 Å². The number of rotatable bonds is 4. The third kappa shape index (κ3) is 2.58. The van der Waals surface area contributed by atoms with Crippen molar-refractivity contribution in [1.82, 2.24) is 0 Å². The molecule has 1 aliphatic rings. The van der Waals surface area contributed by atoms with Crippen LogP contribution in [-0.2, 0) is 0 Å². The van der Waals surface area contributed by atoms with Gasteiger partial charge in [-0.2, -0.15) is 0 Å². The molecule has 0 amide bonds. The highest BCUT2D eigenvalue weighted by Gasteiger charge is 2.22. The average molecular weight is 255 g/mol. The van der Waals surface area contributed by atoms with Gasteiger partial charge in [0.25, 0.3) is 0 Å². The maximum absolute atomic E-state index is 9.95. The van der Waals surface area contributed by atoms with Crippen LogP contribution in [0.3, 0.4) is 0 Å². The Bertz CT molecular complexity index is 307. The molecule has 0 bridgehead atoms. The van der Waals surface area contributed by atoms with Crippen LogP contribution in [-0.4, -0.2) is 5.11 Å². The van der Waals surface area contributed by atoms with Crippen LogP contribution in [0.5, 0.6) is 0 Å². The van der Waals surface area contributed by atoms with Gasteiger partial charge >= 0.3 is 0 Å². The summed E-state index contributed by atoms with van der Waals surface area (Å²) in [5, 5.41) is 9.95. The van der Waals surface area contributed by atoms with E-state index in [1.54, 1.807) is 0 Å². The lowest BCUT2D eigenvalue weighted by Gasteiger charge is -2.12. The lowest BCUT2D eigenvalue weighted by atomic mass is 10.0. The van der Waals surface area contributed by atoms with Gasteiger partial charge in [-0.1, -0.05) is 47.0 Å². The van der Waals surface area contributed by atoms with Crippen molar-refractivity contribution in [3.63, 3.8) is 0 Å². The summed E-state index contributed by atoms with van der Waals surface area (Å²) in [6.07, 6.45) is 4.49. The zero-order chi connectivity index (χ0) is 9.97. The summed E-state index contributed by atoms with van der Waals surface area (Å²) in [5.74, 6) is 0.895. The fraction of sp³-hybridized carbons (Fsp3) is 0.500. The molecule has 0 aliphatic heterocycles. The summed E-state index contributed by atoms with van der Waals surface area (Å²) in [6.45, 7) is 0. The minimum Gasteiger partial charge on any atom is -0.388 e. The van der Waals surface area contributed by atoms with Crippen molar-refractivity contribution in [2.24, 2.45) is 5.92 Å². The summed E-state index contributed by atoms with van der Waals surface area (Å²) in [5.41, 5.74) is 1.02. The first-order valence-electron chi connectivity index (χ1n) is 5.20. The first kappa shape index (κ1) is 10.2. The zero-order valence-corrected chi connectivity index (χ0v) is 9.70. The van der Waals surface area contributed by atoms with Crippen LogP contribution in [0.25, 0.3) is 0 Å². The summed E-state index contributed by atoms with van der Waals surface area (Å²) in [4.78, 5) is 0. The van der Waals surface area contributed by atoms with E-state index < -0.39 is 0 Å². The first-order chi connectivity index (χ1) is 6.77. The van der Waals surface area contributed by atoms with E-state index in [1.165, 1.54) is 19.3 Å². The van der Waals surface area contributed by atoms with Crippen molar-refractivity contribution in [2.75, 3.05) is 0 Å². The van der Waals surface area contributed by atoms with Crippen LogP contribution < -0.4 is 0 Å². The van der Waals surface area contributed by atoms with Crippen LogP contribution in [0.1, 0.15) is 37.4 Å². The third-order valence-corrected chi connectivity index (χ3v) is 3.53. The highest BCUT2D eigenvalue weighted by Crippen LogP contribution is 2.36. The highest BCUT2D eigenvalue weighted by molar-refractivity contribution is 9.10. The monoisotopic (exact) mass is 254 g/mol. The Hall–Kier alpha value is -0.340. The molecular weight excluding hydrogens is 240 g/mol. The molecule has 1 aromatic rings. The Morgan fingerprint density at radius 1 is 1.36 bits per heavy atom. The molecule has 1 aliphatic carbocycles. The largest absolute Gasteiger partial charge is 0.388 e. The molecule has 0 saturated heterocycles. The number of aliphatic hydroxyl groups excluding tert-OH is 1. The molecule has 1 nitrogen and oxygen atoms in total. The number of hydrogen-bond donors (Lipinski definition) is 1. The maximum atomic E-state index is 9.95. The van der Waals surface area contributed by atoms with Gasteiger partial charge in [-0.15, -0.1) is 0 Å². The molecule has 2 rings (SSSR count). The second-order valence-electron chi connectivity index (χ2n) is 4.06. The fourth-order valence-electron chi connectivity index (χ4n) is 1.70. The van der Waals surface area contributed by atoms with Crippen LogP contribution in [0.2, 0.25) is 0 Å². The van der Waals surface area contributed by atoms with Crippen LogP contribution in [0.4, 0.5) is 0 Å². The van der Waals surface area contributed by atoms with Gasteiger partial charge in [-0.3, -0.25) is 0 Å². The molecule has 1 atom stereocenters. The predicted octanol–water partition coefficient (Wildman–Crippen LogP) is 3.67. The van der Waals surface area contributed by atoms with E-state index in [0.29, 0.717) is 0 Å². The summed E-state index contributed by atoms with van der Waals surface area (Å²) >= 11 is 3.46. The van der Waals surface area contributed by atoms with Gasteiger partial charge in [0.05, 0.1) is 6.10 Å². The highest BCUT2D eigenvalue weighted by atomic mass is 79.9. The van der Waals surface area contributed by atoms with E-state index in [0.717, 1.165) is 22.4 Å². The van der Waals surface area contributed by atoms with E-state index in [1.807, 2.05) is 24.3 Å². The van der Waals surface area contributed by atoms with E-state index in [-0.39, 0.29) is 6.10 Å². The van der Waals surface area contributed by atoms with Crippen LogP contribution in [0.15, 0.2) is 28.7 Å². The summed E-state index contributed by atoms with van der Waals surface area (Å²) < 4.78 is 1.02. The molecule has 1 saturated carbocycles. The summed E-state index contributed by atoms with van der Waals surface area (Å²) in [7, 11) is 0. The normalized spacial score (nSPS) is 18.1. The molecular formula is C12H15BrO.